The fourth-order valence-corrected chi connectivity index (χ4v) is 2.80. The highest BCUT2D eigenvalue weighted by Crippen LogP contribution is 2.28. The second-order valence-electron chi connectivity index (χ2n) is 5.61. The first-order valence-corrected chi connectivity index (χ1v) is 7.22. The molecule has 1 fully saturated rings. The van der Waals surface area contributed by atoms with Crippen molar-refractivity contribution in [2.45, 2.75) is 31.5 Å². The summed E-state index contributed by atoms with van der Waals surface area (Å²) < 4.78 is 0. The van der Waals surface area contributed by atoms with Crippen LogP contribution in [0.5, 0.6) is 0 Å². The standard InChI is InChI=1S/C15H22ClNO2/c1-17(10-11-7-14(18)8-11)6-5-15(19)12-3-2-4-13(16)9-12/h2-4,9,11,14-15,18-19H,5-8,10H2,1H3. The molecule has 0 radical (unpaired) electrons. The molecule has 2 N–H and O–H groups in total. The van der Waals surface area contributed by atoms with Crippen LogP contribution in [0.3, 0.4) is 0 Å². The van der Waals surface area contributed by atoms with Gasteiger partial charge in [0.15, 0.2) is 0 Å². The van der Waals surface area contributed by atoms with Gasteiger partial charge >= 0.3 is 0 Å². The molecule has 1 aliphatic carbocycles. The summed E-state index contributed by atoms with van der Waals surface area (Å²) in [4.78, 5) is 2.23. The molecule has 0 saturated heterocycles. The highest BCUT2D eigenvalue weighted by molar-refractivity contribution is 6.30. The smallest absolute Gasteiger partial charge is 0.0802 e. The van der Waals surface area contributed by atoms with Gasteiger partial charge in [-0.3, -0.25) is 0 Å². The molecule has 0 aromatic heterocycles. The van der Waals surface area contributed by atoms with E-state index in [9.17, 15) is 10.2 Å². The Hall–Kier alpha value is -0.610. The van der Waals surface area contributed by atoms with E-state index >= 15 is 0 Å². The van der Waals surface area contributed by atoms with E-state index in [0.29, 0.717) is 17.4 Å². The van der Waals surface area contributed by atoms with Crippen LogP contribution in [0.4, 0.5) is 0 Å². The minimum absolute atomic E-state index is 0.0875. The zero-order chi connectivity index (χ0) is 13.8. The van der Waals surface area contributed by atoms with Crippen LogP contribution in [0.25, 0.3) is 0 Å². The van der Waals surface area contributed by atoms with Crippen LogP contribution in [0.15, 0.2) is 24.3 Å². The molecular formula is C15H22ClNO2. The molecule has 3 nitrogen and oxygen atoms in total. The van der Waals surface area contributed by atoms with Gasteiger partial charge in [0.2, 0.25) is 0 Å². The number of aliphatic hydroxyl groups is 2. The summed E-state index contributed by atoms with van der Waals surface area (Å²) >= 11 is 5.92. The second-order valence-corrected chi connectivity index (χ2v) is 6.05. The van der Waals surface area contributed by atoms with Gasteiger partial charge in [-0.05, 0) is 49.9 Å². The van der Waals surface area contributed by atoms with Gasteiger partial charge in [0, 0.05) is 18.1 Å². The SMILES string of the molecule is CN(CCC(O)c1cccc(Cl)c1)CC1CC(O)C1. The molecule has 1 aliphatic rings. The molecule has 1 saturated carbocycles. The highest BCUT2D eigenvalue weighted by atomic mass is 35.5. The Labute approximate surface area is 119 Å². The quantitative estimate of drug-likeness (QED) is 0.843. The fourth-order valence-electron chi connectivity index (χ4n) is 2.60. The fraction of sp³-hybridized carbons (Fsp3) is 0.600. The van der Waals surface area contributed by atoms with Crippen molar-refractivity contribution in [3.05, 3.63) is 34.9 Å². The zero-order valence-corrected chi connectivity index (χ0v) is 12.1. The van der Waals surface area contributed by atoms with Crippen LogP contribution in [0.2, 0.25) is 5.02 Å². The van der Waals surface area contributed by atoms with E-state index in [1.54, 1.807) is 0 Å². The first kappa shape index (κ1) is 14.8. The molecule has 0 amide bonds. The van der Waals surface area contributed by atoms with E-state index in [2.05, 4.69) is 11.9 Å². The minimum Gasteiger partial charge on any atom is -0.393 e. The Morgan fingerprint density at radius 3 is 2.79 bits per heavy atom. The molecule has 2 rings (SSSR count). The van der Waals surface area contributed by atoms with Crippen LogP contribution in [0, 0.1) is 5.92 Å². The van der Waals surface area contributed by atoms with Crippen LogP contribution < -0.4 is 0 Å². The Kier molecular flexibility index (Phi) is 5.22. The van der Waals surface area contributed by atoms with Crippen molar-refractivity contribution in [3.8, 4) is 0 Å². The van der Waals surface area contributed by atoms with Gasteiger partial charge < -0.3 is 15.1 Å². The summed E-state index contributed by atoms with van der Waals surface area (Å²) in [6.45, 7) is 1.85. The van der Waals surface area contributed by atoms with E-state index in [4.69, 9.17) is 11.6 Å². The summed E-state index contributed by atoms with van der Waals surface area (Å²) in [5, 5.41) is 20.0. The van der Waals surface area contributed by atoms with Crippen molar-refractivity contribution in [1.82, 2.24) is 4.90 Å². The number of halogens is 1. The summed E-state index contributed by atoms with van der Waals surface area (Å²) in [5.74, 6) is 0.614. The Bertz CT molecular complexity index is 407. The molecule has 0 heterocycles. The largest absolute Gasteiger partial charge is 0.393 e. The summed E-state index contributed by atoms with van der Waals surface area (Å²) in [7, 11) is 2.06. The molecule has 106 valence electrons. The molecule has 1 aromatic rings. The molecule has 0 aliphatic heterocycles. The number of benzene rings is 1. The zero-order valence-electron chi connectivity index (χ0n) is 11.3. The third-order valence-corrected chi connectivity index (χ3v) is 4.03. The van der Waals surface area contributed by atoms with E-state index in [0.717, 1.165) is 31.5 Å². The lowest BCUT2D eigenvalue weighted by Crippen LogP contribution is -2.37. The van der Waals surface area contributed by atoms with E-state index < -0.39 is 6.10 Å². The molecule has 4 heteroatoms. The molecular weight excluding hydrogens is 262 g/mol. The van der Waals surface area contributed by atoms with Crippen molar-refractivity contribution >= 4 is 11.6 Å². The van der Waals surface area contributed by atoms with Gasteiger partial charge in [-0.25, -0.2) is 0 Å². The highest BCUT2D eigenvalue weighted by Gasteiger charge is 2.27. The first-order valence-electron chi connectivity index (χ1n) is 6.84. The third-order valence-electron chi connectivity index (χ3n) is 3.80. The topological polar surface area (TPSA) is 43.7 Å². The number of aliphatic hydroxyl groups excluding tert-OH is 2. The number of rotatable bonds is 6. The molecule has 1 atom stereocenters. The average molecular weight is 284 g/mol. The van der Waals surface area contributed by atoms with E-state index in [-0.39, 0.29) is 6.10 Å². The van der Waals surface area contributed by atoms with Crippen molar-refractivity contribution in [1.29, 1.82) is 0 Å². The Morgan fingerprint density at radius 1 is 1.42 bits per heavy atom. The Morgan fingerprint density at radius 2 is 2.16 bits per heavy atom. The number of hydrogen-bond donors (Lipinski definition) is 2. The molecule has 1 unspecified atom stereocenters. The monoisotopic (exact) mass is 283 g/mol. The van der Waals surface area contributed by atoms with Gasteiger partial charge in [0.1, 0.15) is 0 Å². The van der Waals surface area contributed by atoms with Crippen LogP contribution in [0.1, 0.15) is 30.9 Å². The maximum absolute atomic E-state index is 10.1. The summed E-state index contributed by atoms with van der Waals surface area (Å²) in [5.41, 5.74) is 0.875. The molecule has 0 spiro atoms. The maximum atomic E-state index is 10.1. The summed E-state index contributed by atoms with van der Waals surface area (Å²) in [6, 6.07) is 7.39. The van der Waals surface area contributed by atoms with Gasteiger partial charge in [-0.1, -0.05) is 23.7 Å². The van der Waals surface area contributed by atoms with Crippen molar-refractivity contribution in [3.63, 3.8) is 0 Å². The van der Waals surface area contributed by atoms with Crippen LogP contribution in [-0.4, -0.2) is 41.4 Å². The van der Waals surface area contributed by atoms with Gasteiger partial charge in [-0.2, -0.15) is 0 Å². The molecule has 19 heavy (non-hydrogen) atoms. The van der Waals surface area contributed by atoms with Gasteiger partial charge in [-0.15, -0.1) is 0 Å². The predicted molar refractivity (Wildman–Crippen MR) is 77.3 cm³/mol. The lowest BCUT2D eigenvalue weighted by atomic mass is 9.82. The van der Waals surface area contributed by atoms with E-state index in [1.165, 1.54) is 0 Å². The van der Waals surface area contributed by atoms with Gasteiger partial charge in [0.25, 0.3) is 0 Å². The van der Waals surface area contributed by atoms with Crippen LogP contribution >= 0.6 is 11.6 Å². The average Bonchev–Trinajstić information content (AvgIpc) is 2.34. The first-order chi connectivity index (χ1) is 9.04. The normalized spacial score (nSPS) is 24.3. The number of nitrogens with zero attached hydrogens (tertiary/aromatic N) is 1. The maximum Gasteiger partial charge on any atom is 0.0802 e. The van der Waals surface area contributed by atoms with Crippen molar-refractivity contribution < 1.29 is 10.2 Å². The molecule has 0 bridgehead atoms. The van der Waals surface area contributed by atoms with Crippen LogP contribution in [-0.2, 0) is 0 Å². The lowest BCUT2D eigenvalue weighted by Gasteiger charge is -2.34. The van der Waals surface area contributed by atoms with Crippen molar-refractivity contribution in [2.75, 3.05) is 20.1 Å². The predicted octanol–water partition coefficient (Wildman–Crippen LogP) is 2.47. The second kappa shape index (κ2) is 6.71. The van der Waals surface area contributed by atoms with Crippen molar-refractivity contribution in [2.24, 2.45) is 5.92 Å². The third kappa shape index (κ3) is 4.46. The lowest BCUT2D eigenvalue weighted by molar-refractivity contribution is 0.0262. The summed E-state index contributed by atoms with van der Waals surface area (Å²) in [6.07, 6.45) is 1.98. The number of hydrogen-bond acceptors (Lipinski definition) is 3. The van der Waals surface area contributed by atoms with E-state index in [1.807, 2.05) is 24.3 Å². The molecule has 1 aromatic carbocycles. The van der Waals surface area contributed by atoms with Gasteiger partial charge in [0.05, 0.1) is 12.2 Å². The Balaban J connectivity index is 1.72. The minimum atomic E-state index is -0.465.